The summed E-state index contributed by atoms with van der Waals surface area (Å²) in [5.74, 6) is -0.463. The summed E-state index contributed by atoms with van der Waals surface area (Å²) in [5.41, 5.74) is 3.06. The van der Waals surface area contributed by atoms with Crippen molar-refractivity contribution in [2.75, 3.05) is 31.1 Å². The van der Waals surface area contributed by atoms with Crippen molar-refractivity contribution in [2.45, 2.75) is 18.2 Å². The Bertz CT molecular complexity index is 1190. The summed E-state index contributed by atoms with van der Waals surface area (Å²) in [6.07, 6.45) is -4.83. The molecule has 0 atom stereocenters. The summed E-state index contributed by atoms with van der Waals surface area (Å²) in [4.78, 5) is 6.67. The van der Waals surface area contributed by atoms with Gasteiger partial charge in [-0.1, -0.05) is 23.8 Å². The molecule has 0 amide bonds. The van der Waals surface area contributed by atoms with E-state index < -0.39 is 22.1 Å². The molecule has 0 aliphatic carbocycles. The largest absolute Gasteiger partial charge is 0.573 e. The number of benzene rings is 2. The topological polar surface area (TPSA) is 62.7 Å². The number of sulfonamides is 1. The molecule has 1 saturated heterocycles. The molecular formula is C21H20F3N3O3S2. The molecule has 1 aromatic heterocycles. The summed E-state index contributed by atoms with van der Waals surface area (Å²) in [6.45, 7) is 3.46. The lowest BCUT2D eigenvalue weighted by atomic mass is 10.1. The molecule has 1 aliphatic rings. The van der Waals surface area contributed by atoms with Gasteiger partial charge in [0, 0.05) is 37.1 Å². The molecule has 1 aliphatic heterocycles. The van der Waals surface area contributed by atoms with Gasteiger partial charge in [0.15, 0.2) is 5.13 Å². The average molecular weight is 484 g/mol. The number of rotatable bonds is 5. The Morgan fingerprint density at radius 1 is 1.03 bits per heavy atom. The number of thiazole rings is 1. The normalized spacial score (nSPS) is 15.7. The lowest BCUT2D eigenvalue weighted by molar-refractivity contribution is -0.274. The van der Waals surface area contributed by atoms with Crippen LogP contribution in [0.5, 0.6) is 5.75 Å². The number of halogens is 3. The van der Waals surface area contributed by atoms with E-state index in [1.54, 1.807) is 0 Å². The van der Waals surface area contributed by atoms with Gasteiger partial charge in [-0.15, -0.1) is 24.5 Å². The monoisotopic (exact) mass is 483 g/mol. The fourth-order valence-electron chi connectivity index (χ4n) is 3.43. The number of aromatic nitrogens is 1. The fraction of sp³-hybridized carbons (Fsp3) is 0.286. The zero-order chi connectivity index (χ0) is 22.9. The summed E-state index contributed by atoms with van der Waals surface area (Å²) in [5, 5.41) is 2.81. The molecule has 0 bridgehead atoms. The molecule has 4 rings (SSSR count). The molecule has 0 saturated carbocycles. The van der Waals surface area contributed by atoms with Crippen LogP contribution >= 0.6 is 11.3 Å². The minimum absolute atomic E-state index is 0.0727. The van der Waals surface area contributed by atoms with Crippen LogP contribution < -0.4 is 9.64 Å². The van der Waals surface area contributed by atoms with Crippen LogP contribution in [0, 0.1) is 6.92 Å². The number of hydrogen-bond acceptors (Lipinski definition) is 6. The average Bonchev–Trinajstić information content (AvgIpc) is 3.23. The van der Waals surface area contributed by atoms with E-state index in [-0.39, 0.29) is 18.0 Å². The molecule has 6 nitrogen and oxygen atoms in total. The van der Waals surface area contributed by atoms with Gasteiger partial charge < -0.3 is 9.64 Å². The highest BCUT2D eigenvalue weighted by Crippen LogP contribution is 2.30. The minimum atomic E-state index is -4.83. The van der Waals surface area contributed by atoms with Gasteiger partial charge in [0.25, 0.3) is 0 Å². The van der Waals surface area contributed by atoms with Crippen LogP contribution in [-0.2, 0) is 10.0 Å². The van der Waals surface area contributed by atoms with E-state index in [9.17, 15) is 21.6 Å². The first-order valence-electron chi connectivity index (χ1n) is 9.75. The molecule has 2 aromatic carbocycles. The van der Waals surface area contributed by atoms with Crippen molar-refractivity contribution in [1.29, 1.82) is 0 Å². The molecule has 0 spiro atoms. The first kappa shape index (κ1) is 22.6. The van der Waals surface area contributed by atoms with Crippen LogP contribution in [0.15, 0.2) is 58.8 Å². The standard InChI is InChI=1S/C21H20F3N3O3S2/c1-15-3-2-4-16(13-15)19-14-31-20(25-19)26-9-11-27(12-10-26)32(28,29)18-7-5-17(6-8-18)30-21(22,23)24/h2-8,13-14H,9-12H2,1H3. The molecule has 2 heterocycles. The first-order valence-corrected chi connectivity index (χ1v) is 12.1. The highest BCUT2D eigenvalue weighted by Gasteiger charge is 2.32. The predicted molar refractivity (Wildman–Crippen MR) is 116 cm³/mol. The van der Waals surface area contributed by atoms with E-state index in [1.807, 2.05) is 35.4 Å². The highest BCUT2D eigenvalue weighted by molar-refractivity contribution is 7.89. The van der Waals surface area contributed by atoms with E-state index in [0.717, 1.165) is 46.2 Å². The number of ether oxygens (including phenoxy) is 1. The minimum Gasteiger partial charge on any atom is -0.406 e. The van der Waals surface area contributed by atoms with Crippen molar-refractivity contribution in [3.8, 4) is 17.0 Å². The van der Waals surface area contributed by atoms with Crippen molar-refractivity contribution in [2.24, 2.45) is 0 Å². The van der Waals surface area contributed by atoms with Gasteiger partial charge >= 0.3 is 6.36 Å². The van der Waals surface area contributed by atoms with Crippen molar-refractivity contribution in [1.82, 2.24) is 9.29 Å². The van der Waals surface area contributed by atoms with E-state index in [2.05, 4.69) is 10.8 Å². The lowest BCUT2D eigenvalue weighted by Gasteiger charge is -2.33. The summed E-state index contributed by atoms with van der Waals surface area (Å²) in [6, 6.07) is 12.3. The highest BCUT2D eigenvalue weighted by atomic mass is 32.2. The van der Waals surface area contributed by atoms with Crippen molar-refractivity contribution < 1.29 is 26.3 Å². The van der Waals surface area contributed by atoms with Crippen molar-refractivity contribution in [3.05, 3.63) is 59.5 Å². The Morgan fingerprint density at radius 3 is 2.34 bits per heavy atom. The van der Waals surface area contributed by atoms with Crippen LogP contribution in [0.1, 0.15) is 5.56 Å². The third-order valence-electron chi connectivity index (χ3n) is 5.01. The third-order valence-corrected chi connectivity index (χ3v) is 7.82. The van der Waals surface area contributed by atoms with Crippen LogP contribution in [0.2, 0.25) is 0 Å². The quantitative estimate of drug-likeness (QED) is 0.534. The number of nitrogens with zero attached hydrogens (tertiary/aromatic N) is 3. The zero-order valence-corrected chi connectivity index (χ0v) is 18.7. The molecule has 0 N–H and O–H groups in total. The Hall–Kier alpha value is -2.63. The van der Waals surface area contributed by atoms with E-state index >= 15 is 0 Å². The van der Waals surface area contributed by atoms with Gasteiger partial charge in [-0.05, 0) is 37.3 Å². The van der Waals surface area contributed by atoms with Gasteiger partial charge in [-0.25, -0.2) is 13.4 Å². The van der Waals surface area contributed by atoms with Gasteiger partial charge in [-0.3, -0.25) is 0 Å². The van der Waals surface area contributed by atoms with E-state index in [0.29, 0.717) is 13.1 Å². The van der Waals surface area contributed by atoms with Gasteiger partial charge in [-0.2, -0.15) is 4.31 Å². The maximum absolute atomic E-state index is 12.9. The lowest BCUT2D eigenvalue weighted by Crippen LogP contribution is -2.48. The molecule has 170 valence electrons. The van der Waals surface area contributed by atoms with Gasteiger partial charge in [0.05, 0.1) is 10.6 Å². The first-order chi connectivity index (χ1) is 15.1. The van der Waals surface area contributed by atoms with Crippen molar-refractivity contribution >= 4 is 26.5 Å². The Morgan fingerprint density at radius 2 is 1.72 bits per heavy atom. The Balaban J connectivity index is 1.41. The maximum Gasteiger partial charge on any atom is 0.573 e. The second kappa shape index (κ2) is 8.72. The molecule has 32 heavy (non-hydrogen) atoms. The molecule has 1 fully saturated rings. The molecule has 0 radical (unpaired) electrons. The summed E-state index contributed by atoms with van der Waals surface area (Å²) < 4.78 is 67.8. The van der Waals surface area contributed by atoms with Crippen LogP contribution in [0.4, 0.5) is 18.3 Å². The SMILES string of the molecule is Cc1cccc(-c2csc(N3CCN(S(=O)(=O)c4ccc(OC(F)(F)F)cc4)CC3)n2)c1. The van der Waals surface area contributed by atoms with Crippen LogP contribution in [0.25, 0.3) is 11.3 Å². The number of anilines is 1. The van der Waals surface area contributed by atoms with E-state index in [4.69, 9.17) is 4.98 Å². The molecule has 0 unspecified atom stereocenters. The van der Waals surface area contributed by atoms with Gasteiger partial charge in [0.2, 0.25) is 10.0 Å². The van der Waals surface area contributed by atoms with Gasteiger partial charge in [0.1, 0.15) is 5.75 Å². The summed E-state index contributed by atoms with van der Waals surface area (Å²) >= 11 is 1.51. The Labute approximate surface area is 187 Å². The number of piperazine rings is 1. The zero-order valence-electron chi connectivity index (χ0n) is 17.0. The Kier molecular flexibility index (Phi) is 6.15. The van der Waals surface area contributed by atoms with Crippen LogP contribution in [0.3, 0.4) is 0 Å². The van der Waals surface area contributed by atoms with Crippen LogP contribution in [-0.4, -0.2) is 50.2 Å². The molecular weight excluding hydrogens is 463 g/mol. The van der Waals surface area contributed by atoms with E-state index in [1.165, 1.54) is 15.6 Å². The second-order valence-corrected chi connectivity index (χ2v) is 10.1. The fourth-order valence-corrected chi connectivity index (χ4v) is 5.74. The smallest absolute Gasteiger partial charge is 0.406 e. The number of alkyl halides is 3. The molecule has 11 heteroatoms. The maximum atomic E-state index is 12.9. The third kappa shape index (κ3) is 5.05. The molecule has 3 aromatic rings. The van der Waals surface area contributed by atoms with Crippen molar-refractivity contribution in [3.63, 3.8) is 0 Å². The number of aryl methyl sites for hydroxylation is 1. The predicted octanol–water partition coefficient (Wildman–Crippen LogP) is 4.53. The summed E-state index contributed by atoms with van der Waals surface area (Å²) in [7, 11) is -3.82. The second-order valence-electron chi connectivity index (χ2n) is 7.30. The number of hydrogen-bond donors (Lipinski definition) is 0.